The van der Waals surface area contributed by atoms with Gasteiger partial charge in [-0.25, -0.2) is 4.79 Å². The van der Waals surface area contributed by atoms with Gasteiger partial charge in [0.1, 0.15) is 21.9 Å². The van der Waals surface area contributed by atoms with E-state index in [2.05, 4.69) is 0 Å². The highest BCUT2D eigenvalue weighted by Gasteiger charge is 2.40. The molecule has 1 N–H and O–H groups in total. The summed E-state index contributed by atoms with van der Waals surface area (Å²) in [5, 5.41) is 20.8. The average molecular weight is 481 g/mol. The fourth-order valence-electron chi connectivity index (χ4n) is 3.36. The highest BCUT2D eigenvalue weighted by Crippen LogP contribution is 2.36. The van der Waals surface area contributed by atoms with Crippen LogP contribution in [0.5, 0.6) is 0 Å². The van der Waals surface area contributed by atoms with Crippen LogP contribution in [0.2, 0.25) is 0 Å². The molecule has 2 aromatic carbocycles. The smallest absolute Gasteiger partial charge is 0.327 e. The standard InChI is InChI=1S/C23H16N2O6S2/c26-21-20(13-17-9-10-19(31-17)15-7-4-8-16(12-15)25(29)30)33-23(32)24(21)18(22(27)28)11-14-5-2-1-3-6-14/h1-10,12-13,18H,11H2,(H,27,28)/b20-13-. The van der Waals surface area contributed by atoms with Crippen LogP contribution in [-0.2, 0) is 16.0 Å². The molecule has 2 heterocycles. The number of thiocarbonyl (C=S) groups is 1. The second kappa shape index (κ2) is 9.39. The number of carboxylic acid groups (broad SMARTS) is 1. The summed E-state index contributed by atoms with van der Waals surface area (Å²) in [4.78, 5) is 36.8. The molecule has 0 saturated carbocycles. The number of carbonyl (C=O) groups excluding carboxylic acids is 1. The molecule has 1 aromatic heterocycles. The zero-order valence-corrected chi connectivity index (χ0v) is 18.5. The summed E-state index contributed by atoms with van der Waals surface area (Å²) >= 11 is 6.31. The molecule has 1 saturated heterocycles. The molecule has 1 aliphatic rings. The van der Waals surface area contributed by atoms with Crippen LogP contribution < -0.4 is 0 Å². The number of hydrogen-bond donors (Lipinski definition) is 1. The van der Waals surface area contributed by atoms with E-state index in [1.54, 1.807) is 48.5 Å². The molecule has 10 heteroatoms. The lowest BCUT2D eigenvalue weighted by atomic mass is 10.0. The maximum Gasteiger partial charge on any atom is 0.327 e. The molecule has 0 spiro atoms. The number of nitrogens with zero attached hydrogens (tertiary/aromatic N) is 2. The van der Waals surface area contributed by atoms with E-state index in [-0.39, 0.29) is 21.3 Å². The van der Waals surface area contributed by atoms with Crippen molar-refractivity contribution in [3.8, 4) is 11.3 Å². The Morgan fingerprint density at radius 3 is 2.64 bits per heavy atom. The van der Waals surface area contributed by atoms with Gasteiger partial charge in [-0.1, -0.05) is 66.4 Å². The first-order valence-corrected chi connectivity index (χ1v) is 10.9. The minimum absolute atomic E-state index is 0.0653. The Hall–Kier alpha value is -3.76. The van der Waals surface area contributed by atoms with Crippen molar-refractivity contribution in [3.05, 3.63) is 93.1 Å². The van der Waals surface area contributed by atoms with Crippen molar-refractivity contribution in [1.29, 1.82) is 0 Å². The van der Waals surface area contributed by atoms with Gasteiger partial charge in [0.2, 0.25) is 0 Å². The largest absolute Gasteiger partial charge is 0.480 e. The number of furan rings is 1. The molecule has 0 bridgehead atoms. The van der Waals surface area contributed by atoms with Gasteiger partial charge in [0.25, 0.3) is 11.6 Å². The summed E-state index contributed by atoms with van der Waals surface area (Å²) < 4.78 is 5.90. The van der Waals surface area contributed by atoms with E-state index in [1.807, 2.05) is 6.07 Å². The van der Waals surface area contributed by atoms with E-state index < -0.39 is 22.8 Å². The Kier molecular flexibility index (Phi) is 6.38. The fraction of sp³-hybridized carbons (Fsp3) is 0.0870. The van der Waals surface area contributed by atoms with Gasteiger partial charge in [0.15, 0.2) is 0 Å². The molecule has 0 aliphatic carbocycles. The molecule has 8 nitrogen and oxygen atoms in total. The molecule has 1 aliphatic heterocycles. The molecular weight excluding hydrogens is 464 g/mol. The maximum absolute atomic E-state index is 13.0. The number of hydrogen-bond acceptors (Lipinski definition) is 7. The number of amides is 1. The number of non-ortho nitro benzene ring substituents is 1. The van der Waals surface area contributed by atoms with Crippen molar-refractivity contribution in [3.63, 3.8) is 0 Å². The van der Waals surface area contributed by atoms with Crippen LogP contribution in [0.1, 0.15) is 11.3 Å². The molecule has 166 valence electrons. The number of benzene rings is 2. The molecule has 33 heavy (non-hydrogen) atoms. The third kappa shape index (κ3) is 4.86. The van der Waals surface area contributed by atoms with Crippen molar-refractivity contribution in [2.75, 3.05) is 0 Å². The Morgan fingerprint density at radius 1 is 1.18 bits per heavy atom. The third-order valence-electron chi connectivity index (χ3n) is 4.93. The quantitative estimate of drug-likeness (QED) is 0.223. The van der Waals surface area contributed by atoms with Crippen LogP contribution in [0.3, 0.4) is 0 Å². The minimum Gasteiger partial charge on any atom is -0.480 e. The molecule has 3 aromatic rings. The third-order valence-corrected chi connectivity index (χ3v) is 6.26. The van der Waals surface area contributed by atoms with Crippen LogP contribution in [0.4, 0.5) is 5.69 Å². The molecule has 1 atom stereocenters. The van der Waals surface area contributed by atoms with E-state index >= 15 is 0 Å². The zero-order valence-electron chi connectivity index (χ0n) is 16.9. The lowest BCUT2D eigenvalue weighted by Crippen LogP contribution is -2.45. The van der Waals surface area contributed by atoms with Crippen LogP contribution >= 0.6 is 24.0 Å². The number of nitro benzene ring substituents is 1. The van der Waals surface area contributed by atoms with Gasteiger partial charge in [0, 0.05) is 30.2 Å². The Morgan fingerprint density at radius 2 is 1.94 bits per heavy atom. The van der Waals surface area contributed by atoms with Crippen LogP contribution in [0.15, 0.2) is 76.1 Å². The number of nitro groups is 1. The molecule has 1 fully saturated rings. The van der Waals surface area contributed by atoms with Gasteiger partial charge in [0.05, 0.1) is 9.83 Å². The predicted octanol–water partition coefficient (Wildman–Crippen LogP) is 4.75. The second-order valence-electron chi connectivity index (χ2n) is 7.10. The topological polar surface area (TPSA) is 114 Å². The first kappa shape index (κ1) is 22.4. The van der Waals surface area contributed by atoms with E-state index in [4.69, 9.17) is 16.6 Å². The average Bonchev–Trinajstić information content (AvgIpc) is 3.37. The van der Waals surface area contributed by atoms with E-state index in [9.17, 15) is 24.8 Å². The zero-order chi connectivity index (χ0) is 23.5. The Labute approximate surface area is 197 Å². The van der Waals surface area contributed by atoms with E-state index in [1.165, 1.54) is 18.2 Å². The van der Waals surface area contributed by atoms with Gasteiger partial charge in [-0.05, 0) is 17.7 Å². The fourth-order valence-corrected chi connectivity index (χ4v) is 4.70. The number of carbonyl (C=O) groups is 2. The van der Waals surface area contributed by atoms with Crippen molar-refractivity contribution in [2.45, 2.75) is 12.5 Å². The Bertz CT molecular complexity index is 1280. The van der Waals surface area contributed by atoms with E-state index in [0.29, 0.717) is 17.1 Å². The lowest BCUT2D eigenvalue weighted by Gasteiger charge is -2.23. The lowest BCUT2D eigenvalue weighted by molar-refractivity contribution is -0.384. The van der Waals surface area contributed by atoms with Crippen molar-refractivity contribution in [2.24, 2.45) is 0 Å². The summed E-state index contributed by atoms with van der Waals surface area (Å²) in [6.45, 7) is 0. The maximum atomic E-state index is 13.0. The first-order chi connectivity index (χ1) is 15.8. The van der Waals surface area contributed by atoms with Crippen molar-refractivity contribution in [1.82, 2.24) is 4.90 Å². The summed E-state index contributed by atoms with van der Waals surface area (Å²) in [6.07, 6.45) is 1.61. The number of carboxylic acids is 1. The van der Waals surface area contributed by atoms with Gasteiger partial charge >= 0.3 is 5.97 Å². The van der Waals surface area contributed by atoms with Crippen molar-refractivity contribution < 1.29 is 24.0 Å². The Balaban J connectivity index is 1.57. The van der Waals surface area contributed by atoms with Crippen LogP contribution in [-0.4, -0.2) is 37.2 Å². The molecule has 0 radical (unpaired) electrons. The monoisotopic (exact) mass is 480 g/mol. The van der Waals surface area contributed by atoms with Crippen LogP contribution in [0.25, 0.3) is 17.4 Å². The van der Waals surface area contributed by atoms with Crippen LogP contribution in [0, 0.1) is 10.1 Å². The highest BCUT2D eigenvalue weighted by molar-refractivity contribution is 8.26. The first-order valence-electron chi connectivity index (χ1n) is 9.72. The molecular formula is C23H16N2O6S2. The van der Waals surface area contributed by atoms with E-state index in [0.717, 1.165) is 22.2 Å². The SMILES string of the molecule is O=C(O)C(Cc1ccccc1)N1C(=O)/C(=C/c2ccc(-c3cccc([N+](=O)[O-])c3)o2)SC1=S. The van der Waals surface area contributed by atoms with Gasteiger partial charge < -0.3 is 9.52 Å². The normalized spacial score (nSPS) is 15.8. The molecule has 1 amide bonds. The van der Waals surface area contributed by atoms with Gasteiger partial charge in [-0.3, -0.25) is 19.8 Å². The predicted molar refractivity (Wildman–Crippen MR) is 127 cm³/mol. The summed E-state index contributed by atoms with van der Waals surface area (Å²) in [7, 11) is 0. The molecule has 4 rings (SSSR count). The minimum atomic E-state index is -1.15. The second-order valence-corrected chi connectivity index (χ2v) is 8.78. The highest BCUT2D eigenvalue weighted by atomic mass is 32.2. The summed E-state index contributed by atoms with van der Waals surface area (Å²) in [5.41, 5.74) is 1.23. The number of thioether (sulfide) groups is 1. The molecule has 1 unspecified atom stereocenters. The summed E-state index contributed by atoms with van der Waals surface area (Å²) in [6, 6.07) is 17.1. The number of aliphatic carboxylic acids is 1. The van der Waals surface area contributed by atoms with Gasteiger partial charge in [-0.15, -0.1) is 0 Å². The summed E-state index contributed by atoms with van der Waals surface area (Å²) in [5.74, 6) is -0.927. The van der Waals surface area contributed by atoms with Gasteiger partial charge in [-0.2, -0.15) is 0 Å². The van der Waals surface area contributed by atoms with Crippen molar-refractivity contribution >= 4 is 51.9 Å². The number of rotatable bonds is 7.